The third-order valence-electron chi connectivity index (χ3n) is 3.37. The number of nitrogens with one attached hydrogen (secondary N) is 1. The predicted molar refractivity (Wildman–Crippen MR) is 95.5 cm³/mol. The Balaban J connectivity index is 2.12. The minimum atomic E-state index is 0.222. The van der Waals surface area contributed by atoms with Gasteiger partial charge in [0.2, 0.25) is 0 Å². The van der Waals surface area contributed by atoms with Gasteiger partial charge in [0, 0.05) is 17.3 Å². The van der Waals surface area contributed by atoms with Crippen molar-refractivity contribution in [1.29, 1.82) is 0 Å². The van der Waals surface area contributed by atoms with Gasteiger partial charge in [-0.15, -0.1) is 6.42 Å². The first-order valence-electron chi connectivity index (χ1n) is 7.46. The Labute approximate surface area is 142 Å². The van der Waals surface area contributed by atoms with Crippen molar-refractivity contribution in [1.82, 2.24) is 0 Å². The summed E-state index contributed by atoms with van der Waals surface area (Å²) < 4.78 is 11.1. The van der Waals surface area contributed by atoms with Gasteiger partial charge in [-0.3, -0.25) is 0 Å². The molecule has 1 N–H and O–H groups in total. The molecule has 0 aliphatic heterocycles. The van der Waals surface area contributed by atoms with E-state index in [0.29, 0.717) is 24.7 Å². The number of hydrogen-bond acceptors (Lipinski definition) is 3. The van der Waals surface area contributed by atoms with Crippen molar-refractivity contribution in [2.45, 2.75) is 20.4 Å². The summed E-state index contributed by atoms with van der Waals surface area (Å²) in [5, 5.41) is 4.14. The number of benzene rings is 2. The van der Waals surface area contributed by atoms with Crippen molar-refractivity contribution >= 4 is 17.3 Å². The molecule has 0 radical (unpaired) electrons. The van der Waals surface area contributed by atoms with Crippen LogP contribution in [0, 0.1) is 19.3 Å². The van der Waals surface area contributed by atoms with Gasteiger partial charge < -0.3 is 14.8 Å². The summed E-state index contributed by atoms with van der Waals surface area (Å²) in [4.78, 5) is 0. The lowest BCUT2D eigenvalue weighted by Crippen LogP contribution is -2.04. The lowest BCUT2D eigenvalue weighted by atomic mass is 10.1. The summed E-state index contributed by atoms with van der Waals surface area (Å²) in [7, 11) is 0. The highest BCUT2D eigenvalue weighted by atomic mass is 35.5. The first-order valence-corrected chi connectivity index (χ1v) is 7.84. The fraction of sp³-hybridized carbons (Fsp3) is 0.263. The fourth-order valence-corrected chi connectivity index (χ4v) is 2.34. The van der Waals surface area contributed by atoms with Gasteiger partial charge in [0.15, 0.2) is 11.5 Å². The highest BCUT2D eigenvalue weighted by Crippen LogP contribution is 2.29. The normalized spacial score (nSPS) is 10.0. The van der Waals surface area contributed by atoms with E-state index in [9.17, 15) is 0 Å². The molecule has 2 aromatic carbocycles. The van der Waals surface area contributed by atoms with E-state index in [4.69, 9.17) is 27.5 Å². The molecule has 4 heteroatoms. The first kappa shape index (κ1) is 17.1. The van der Waals surface area contributed by atoms with Crippen molar-refractivity contribution < 1.29 is 9.47 Å². The van der Waals surface area contributed by atoms with Gasteiger partial charge in [-0.1, -0.05) is 29.7 Å². The predicted octanol–water partition coefficient (Wildman–Crippen LogP) is 4.67. The van der Waals surface area contributed by atoms with Crippen LogP contribution in [-0.2, 0) is 6.54 Å². The summed E-state index contributed by atoms with van der Waals surface area (Å²) >= 11 is 6.14. The van der Waals surface area contributed by atoms with Crippen LogP contribution < -0.4 is 14.8 Å². The van der Waals surface area contributed by atoms with Crippen LogP contribution in [0.2, 0.25) is 5.02 Å². The Morgan fingerprint density at radius 3 is 2.74 bits per heavy atom. The Morgan fingerprint density at radius 1 is 1.17 bits per heavy atom. The maximum Gasteiger partial charge on any atom is 0.162 e. The fourth-order valence-electron chi connectivity index (χ4n) is 2.17. The standard InChI is InChI=1S/C19H20ClNO2/c1-4-11-23-18-10-9-15(12-19(18)22-5-2)13-21-17-8-6-7-16(20)14(17)3/h1,6-10,12,21H,5,11,13H2,2-3H3. The van der Waals surface area contributed by atoms with Gasteiger partial charge in [-0.2, -0.15) is 0 Å². The molecule has 0 aliphatic carbocycles. The maximum atomic E-state index is 6.14. The number of ether oxygens (including phenoxy) is 2. The van der Waals surface area contributed by atoms with Crippen LogP contribution in [0.3, 0.4) is 0 Å². The van der Waals surface area contributed by atoms with Crippen molar-refractivity contribution in [2.75, 3.05) is 18.5 Å². The van der Waals surface area contributed by atoms with Crippen LogP contribution in [0.4, 0.5) is 5.69 Å². The van der Waals surface area contributed by atoms with Gasteiger partial charge in [0.1, 0.15) is 6.61 Å². The molecule has 0 amide bonds. The highest BCUT2D eigenvalue weighted by molar-refractivity contribution is 6.31. The quantitative estimate of drug-likeness (QED) is 0.749. The van der Waals surface area contributed by atoms with Crippen LogP contribution in [0.1, 0.15) is 18.1 Å². The van der Waals surface area contributed by atoms with Crippen LogP contribution in [0.15, 0.2) is 36.4 Å². The Hall–Kier alpha value is -2.31. The van der Waals surface area contributed by atoms with Gasteiger partial charge >= 0.3 is 0 Å². The molecule has 0 spiro atoms. The van der Waals surface area contributed by atoms with Gasteiger partial charge in [-0.05, 0) is 49.2 Å². The molecule has 0 saturated carbocycles. The third-order valence-corrected chi connectivity index (χ3v) is 3.78. The second-order valence-electron chi connectivity index (χ2n) is 4.97. The second-order valence-corrected chi connectivity index (χ2v) is 5.38. The van der Waals surface area contributed by atoms with Crippen LogP contribution in [-0.4, -0.2) is 13.2 Å². The zero-order chi connectivity index (χ0) is 16.7. The molecule has 23 heavy (non-hydrogen) atoms. The first-order chi connectivity index (χ1) is 11.2. The molecule has 0 aromatic heterocycles. The molecule has 0 fully saturated rings. The molecule has 0 bridgehead atoms. The third kappa shape index (κ3) is 4.58. The monoisotopic (exact) mass is 329 g/mol. The minimum absolute atomic E-state index is 0.222. The Bertz CT molecular complexity index is 707. The number of anilines is 1. The van der Waals surface area contributed by atoms with Crippen molar-refractivity contribution in [3.63, 3.8) is 0 Å². The molecule has 2 rings (SSSR count). The number of hydrogen-bond donors (Lipinski definition) is 1. The summed E-state index contributed by atoms with van der Waals surface area (Å²) in [6, 6.07) is 11.6. The zero-order valence-electron chi connectivity index (χ0n) is 13.4. The van der Waals surface area contributed by atoms with Crippen LogP contribution in [0.5, 0.6) is 11.5 Å². The molecule has 0 saturated heterocycles. The van der Waals surface area contributed by atoms with E-state index >= 15 is 0 Å². The molecule has 0 heterocycles. The average Bonchev–Trinajstić information content (AvgIpc) is 2.55. The molecule has 2 aromatic rings. The van der Waals surface area contributed by atoms with E-state index in [0.717, 1.165) is 21.8 Å². The van der Waals surface area contributed by atoms with Crippen LogP contribution >= 0.6 is 11.6 Å². The second kappa shape index (κ2) is 8.36. The summed E-state index contributed by atoms with van der Waals surface area (Å²) in [5.74, 6) is 3.81. The molecule has 0 atom stereocenters. The smallest absolute Gasteiger partial charge is 0.162 e. The zero-order valence-corrected chi connectivity index (χ0v) is 14.1. The van der Waals surface area contributed by atoms with Crippen molar-refractivity contribution in [2.24, 2.45) is 0 Å². The van der Waals surface area contributed by atoms with E-state index in [1.54, 1.807) is 0 Å². The SMILES string of the molecule is C#CCOc1ccc(CNc2cccc(Cl)c2C)cc1OCC. The van der Waals surface area contributed by atoms with E-state index in [1.165, 1.54) is 0 Å². The van der Waals surface area contributed by atoms with E-state index < -0.39 is 0 Å². The summed E-state index contributed by atoms with van der Waals surface area (Å²) in [6.45, 7) is 5.38. The van der Waals surface area contributed by atoms with E-state index in [2.05, 4.69) is 11.2 Å². The molecule has 0 unspecified atom stereocenters. The number of halogens is 1. The van der Waals surface area contributed by atoms with Gasteiger partial charge in [0.05, 0.1) is 6.61 Å². The number of rotatable bonds is 7. The largest absolute Gasteiger partial charge is 0.490 e. The van der Waals surface area contributed by atoms with E-state index in [-0.39, 0.29) is 6.61 Å². The lowest BCUT2D eigenvalue weighted by Gasteiger charge is -2.14. The highest BCUT2D eigenvalue weighted by Gasteiger charge is 2.07. The topological polar surface area (TPSA) is 30.5 Å². The Kier molecular flexibility index (Phi) is 6.19. The van der Waals surface area contributed by atoms with Gasteiger partial charge in [0.25, 0.3) is 0 Å². The maximum absolute atomic E-state index is 6.14. The molecule has 0 aliphatic rings. The average molecular weight is 330 g/mol. The summed E-state index contributed by atoms with van der Waals surface area (Å²) in [6.07, 6.45) is 5.23. The molecular weight excluding hydrogens is 310 g/mol. The Morgan fingerprint density at radius 2 is 2.00 bits per heavy atom. The molecular formula is C19H20ClNO2. The molecule has 3 nitrogen and oxygen atoms in total. The van der Waals surface area contributed by atoms with E-state index in [1.807, 2.05) is 50.2 Å². The lowest BCUT2D eigenvalue weighted by molar-refractivity contribution is 0.299. The summed E-state index contributed by atoms with van der Waals surface area (Å²) in [5.41, 5.74) is 3.14. The van der Waals surface area contributed by atoms with Crippen molar-refractivity contribution in [3.8, 4) is 23.8 Å². The van der Waals surface area contributed by atoms with Crippen molar-refractivity contribution in [3.05, 3.63) is 52.5 Å². The minimum Gasteiger partial charge on any atom is -0.490 e. The number of terminal acetylenes is 1. The molecule has 120 valence electrons. The van der Waals surface area contributed by atoms with Crippen LogP contribution in [0.25, 0.3) is 0 Å². The van der Waals surface area contributed by atoms with Gasteiger partial charge in [-0.25, -0.2) is 0 Å².